The van der Waals surface area contributed by atoms with Crippen LogP contribution in [0.15, 0.2) is 18.3 Å². The minimum atomic E-state index is 0.263. The topological polar surface area (TPSA) is 22.1 Å². The summed E-state index contributed by atoms with van der Waals surface area (Å²) in [6.07, 6.45) is 4.83. The van der Waals surface area contributed by atoms with E-state index in [2.05, 4.69) is 31.0 Å². The van der Waals surface area contributed by atoms with Crippen molar-refractivity contribution in [3.8, 4) is 0 Å². The van der Waals surface area contributed by atoms with Crippen molar-refractivity contribution in [1.29, 1.82) is 0 Å². The number of hydrogen-bond acceptors (Lipinski definition) is 2. The second-order valence-electron chi connectivity index (χ2n) is 4.66. The molecule has 0 aromatic carbocycles. The third kappa shape index (κ3) is 2.37. The fourth-order valence-electron chi connectivity index (χ4n) is 1.93. The number of hydrogen-bond donors (Lipinski definition) is 0. The van der Waals surface area contributed by atoms with E-state index >= 15 is 0 Å². The average molecular weight is 205 g/mol. The molecule has 0 aliphatic heterocycles. The van der Waals surface area contributed by atoms with Crippen LogP contribution in [0.1, 0.15) is 50.0 Å². The van der Waals surface area contributed by atoms with E-state index in [0.29, 0.717) is 5.92 Å². The Kier molecular flexibility index (Phi) is 3.06. The zero-order valence-corrected chi connectivity index (χ0v) is 9.73. The molecule has 2 heteroatoms. The fourth-order valence-corrected chi connectivity index (χ4v) is 1.93. The molecule has 1 aromatic heterocycles. The van der Waals surface area contributed by atoms with Crippen LogP contribution < -0.4 is 0 Å². The highest BCUT2D eigenvalue weighted by molar-refractivity contribution is 5.20. The summed E-state index contributed by atoms with van der Waals surface area (Å²) in [7, 11) is 1.79. The lowest BCUT2D eigenvalue weighted by Crippen LogP contribution is -2.05. The molecule has 2 rings (SSSR count). The average Bonchev–Trinajstić information content (AvgIpc) is 3.04. The molecule has 1 fully saturated rings. The van der Waals surface area contributed by atoms with E-state index in [4.69, 9.17) is 4.74 Å². The molecule has 1 heterocycles. The van der Waals surface area contributed by atoms with Crippen LogP contribution in [-0.4, -0.2) is 12.1 Å². The van der Waals surface area contributed by atoms with Gasteiger partial charge in [0.15, 0.2) is 0 Å². The quantitative estimate of drug-likeness (QED) is 0.752. The van der Waals surface area contributed by atoms with Gasteiger partial charge < -0.3 is 4.74 Å². The smallest absolute Gasteiger partial charge is 0.0864 e. The summed E-state index contributed by atoms with van der Waals surface area (Å²) in [4.78, 5) is 4.48. The molecule has 0 radical (unpaired) electrons. The number of aromatic nitrogens is 1. The van der Waals surface area contributed by atoms with Gasteiger partial charge in [-0.05, 0) is 36.3 Å². The SMILES string of the molecule is COC(c1ccc(C(C)C)nc1)C1CC1. The number of rotatable bonds is 4. The maximum absolute atomic E-state index is 5.52. The van der Waals surface area contributed by atoms with Gasteiger partial charge in [-0.1, -0.05) is 19.9 Å². The van der Waals surface area contributed by atoms with Crippen LogP contribution in [0.2, 0.25) is 0 Å². The maximum atomic E-state index is 5.52. The van der Waals surface area contributed by atoms with Gasteiger partial charge in [-0.2, -0.15) is 0 Å². The van der Waals surface area contributed by atoms with Gasteiger partial charge in [-0.25, -0.2) is 0 Å². The van der Waals surface area contributed by atoms with Crippen molar-refractivity contribution < 1.29 is 4.74 Å². The number of nitrogens with zero attached hydrogens (tertiary/aromatic N) is 1. The summed E-state index contributed by atoms with van der Waals surface area (Å²) >= 11 is 0. The van der Waals surface area contributed by atoms with Gasteiger partial charge in [0.25, 0.3) is 0 Å². The minimum Gasteiger partial charge on any atom is -0.376 e. The lowest BCUT2D eigenvalue weighted by atomic mass is 10.0. The molecule has 82 valence electrons. The summed E-state index contributed by atoms with van der Waals surface area (Å²) in [5.74, 6) is 1.22. The Bertz CT molecular complexity index is 314. The third-order valence-corrected chi connectivity index (χ3v) is 3.03. The second kappa shape index (κ2) is 4.31. The molecular formula is C13H19NO. The van der Waals surface area contributed by atoms with Crippen LogP contribution in [0.3, 0.4) is 0 Å². The fraction of sp³-hybridized carbons (Fsp3) is 0.615. The van der Waals surface area contributed by atoms with Crippen molar-refractivity contribution in [2.24, 2.45) is 5.92 Å². The van der Waals surface area contributed by atoms with Gasteiger partial charge in [0.05, 0.1) is 6.10 Å². The Morgan fingerprint density at radius 1 is 1.33 bits per heavy atom. The van der Waals surface area contributed by atoms with E-state index in [1.807, 2.05) is 6.20 Å². The highest BCUT2D eigenvalue weighted by Crippen LogP contribution is 2.42. The molecule has 2 nitrogen and oxygen atoms in total. The molecule has 1 saturated carbocycles. The standard InChI is InChI=1S/C13H19NO/c1-9(2)12-7-6-11(8-14-12)13(15-3)10-4-5-10/h6-10,13H,4-5H2,1-3H3. The predicted octanol–water partition coefficient (Wildman–Crippen LogP) is 3.30. The van der Waals surface area contributed by atoms with Crippen LogP contribution in [0.5, 0.6) is 0 Å². The van der Waals surface area contributed by atoms with Crippen molar-refractivity contribution in [2.45, 2.75) is 38.7 Å². The summed E-state index contributed by atoms with van der Waals surface area (Å²) in [6, 6.07) is 4.28. The van der Waals surface area contributed by atoms with Crippen molar-refractivity contribution in [3.63, 3.8) is 0 Å². The molecular weight excluding hydrogens is 186 g/mol. The summed E-state index contributed by atoms with van der Waals surface area (Å²) in [5.41, 5.74) is 2.38. The third-order valence-electron chi connectivity index (χ3n) is 3.03. The molecule has 0 N–H and O–H groups in total. The van der Waals surface area contributed by atoms with Gasteiger partial charge in [0.1, 0.15) is 0 Å². The Hall–Kier alpha value is -0.890. The van der Waals surface area contributed by atoms with Gasteiger partial charge >= 0.3 is 0 Å². The first-order chi connectivity index (χ1) is 7.22. The Labute approximate surface area is 91.7 Å². The van der Waals surface area contributed by atoms with Crippen LogP contribution in [-0.2, 0) is 4.74 Å². The van der Waals surface area contributed by atoms with Gasteiger partial charge in [0, 0.05) is 19.0 Å². The van der Waals surface area contributed by atoms with E-state index in [1.165, 1.54) is 18.4 Å². The lowest BCUT2D eigenvalue weighted by Gasteiger charge is -2.15. The van der Waals surface area contributed by atoms with Gasteiger partial charge in [-0.15, -0.1) is 0 Å². The van der Waals surface area contributed by atoms with Crippen LogP contribution >= 0.6 is 0 Å². The number of methoxy groups -OCH3 is 1. The Morgan fingerprint density at radius 3 is 2.47 bits per heavy atom. The van der Waals surface area contributed by atoms with E-state index in [-0.39, 0.29) is 6.10 Å². The predicted molar refractivity (Wildman–Crippen MR) is 60.8 cm³/mol. The highest BCUT2D eigenvalue weighted by Gasteiger charge is 2.32. The van der Waals surface area contributed by atoms with Crippen LogP contribution in [0.25, 0.3) is 0 Å². The molecule has 0 amide bonds. The first-order valence-electron chi connectivity index (χ1n) is 5.71. The van der Waals surface area contributed by atoms with Crippen LogP contribution in [0, 0.1) is 5.92 Å². The Balaban J connectivity index is 2.14. The van der Waals surface area contributed by atoms with Gasteiger partial charge in [0.2, 0.25) is 0 Å². The lowest BCUT2D eigenvalue weighted by molar-refractivity contribution is 0.0843. The monoisotopic (exact) mass is 205 g/mol. The molecule has 0 saturated heterocycles. The van der Waals surface area contributed by atoms with E-state index in [0.717, 1.165) is 11.6 Å². The molecule has 0 bridgehead atoms. The first kappa shape index (κ1) is 10.6. The maximum Gasteiger partial charge on any atom is 0.0864 e. The number of ether oxygens (including phenoxy) is 1. The van der Waals surface area contributed by atoms with Crippen molar-refractivity contribution in [1.82, 2.24) is 4.98 Å². The van der Waals surface area contributed by atoms with Crippen molar-refractivity contribution in [3.05, 3.63) is 29.6 Å². The summed E-state index contributed by atoms with van der Waals surface area (Å²) in [5, 5.41) is 0. The highest BCUT2D eigenvalue weighted by atomic mass is 16.5. The molecule has 0 spiro atoms. The summed E-state index contributed by atoms with van der Waals surface area (Å²) in [6.45, 7) is 4.33. The molecule has 1 unspecified atom stereocenters. The molecule has 1 aliphatic carbocycles. The van der Waals surface area contributed by atoms with Gasteiger partial charge in [-0.3, -0.25) is 4.98 Å². The second-order valence-corrected chi connectivity index (χ2v) is 4.66. The largest absolute Gasteiger partial charge is 0.376 e. The van der Waals surface area contributed by atoms with E-state index < -0.39 is 0 Å². The van der Waals surface area contributed by atoms with Crippen molar-refractivity contribution in [2.75, 3.05) is 7.11 Å². The van der Waals surface area contributed by atoms with Crippen molar-refractivity contribution >= 4 is 0 Å². The zero-order chi connectivity index (χ0) is 10.8. The molecule has 15 heavy (non-hydrogen) atoms. The molecule has 1 aromatic rings. The minimum absolute atomic E-state index is 0.263. The van der Waals surface area contributed by atoms with E-state index in [1.54, 1.807) is 7.11 Å². The molecule has 1 atom stereocenters. The number of pyridine rings is 1. The van der Waals surface area contributed by atoms with E-state index in [9.17, 15) is 0 Å². The summed E-state index contributed by atoms with van der Waals surface area (Å²) < 4.78 is 5.52. The molecule has 1 aliphatic rings. The first-order valence-corrected chi connectivity index (χ1v) is 5.71. The zero-order valence-electron chi connectivity index (χ0n) is 9.73. The van der Waals surface area contributed by atoms with Crippen LogP contribution in [0.4, 0.5) is 0 Å². The normalized spacial score (nSPS) is 18.1. The Morgan fingerprint density at radius 2 is 2.07 bits per heavy atom.